The van der Waals surface area contributed by atoms with Crippen LogP contribution in [-0.2, 0) is 9.59 Å². The van der Waals surface area contributed by atoms with Gasteiger partial charge in [-0.25, -0.2) is 0 Å². The Hall–Kier alpha value is -4.32. The number of aryl methyl sites for hydroxylation is 1. The van der Waals surface area contributed by atoms with Crippen molar-refractivity contribution in [1.82, 2.24) is 15.6 Å². The van der Waals surface area contributed by atoms with Crippen molar-refractivity contribution >= 4 is 34.3 Å². The van der Waals surface area contributed by atoms with Crippen LogP contribution in [-0.4, -0.2) is 41.9 Å². The minimum absolute atomic E-state index is 0.149. The number of amides is 3. The molecule has 5 rings (SSSR count). The van der Waals surface area contributed by atoms with Gasteiger partial charge < -0.3 is 25.7 Å². The van der Waals surface area contributed by atoms with Gasteiger partial charge in [-0.2, -0.15) is 5.26 Å². The number of aromatic amines is 1. The fourth-order valence-electron chi connectivity index (χ4n) is 4.91. The number of methoxy groups -OCH3 is 1. The number of rotatable bonds is 9. The Morgan fingerprint density at radius 2 is 1.97 bits per heavy atom. The van der Waals surface area contributed by atoms with Crippen LogP contribution in [0.25, 0.3) is 10.9 Å². The van der Waals surface area contributed by atoms with Crippen LogP contribution in [0, 0.1) is 24.2 Å². The first kappa shape index (κ1) is 24.4. The lowest BCUT2D eigenvalue weighted by molar-refractivity contribution is -0.124. The average molecular weight is 500 g/mol. The molecule has 1 aliphatic carbocycles. The highest BCUT2D eigenvalue weighted by atomic mass is 16.5. The molecule has 1 aliphatic heterocycles. The highest BCUT2D eigenvalue weighted by Gasteiger charge is 2.35. The summed E-state index contributed by atoms with van der Waals surface area (Å²) in [6.45, 7) is 1.94. The van der Waals surface area contributed by atoms with Gasteiger partial charge >= 0.3 is 0 Å². The maximum Gasteiger partial charge on any atom is 0.268 e. The maximum absolute atomic E-state index is 13.3. The first-order valence-corrected chi connectivity index (χ1v) is 12.4. The van der Waals surface area contributed by atoms with E-state index in [0.717, 1.165) is 40.6 Å². The van der Waals surface area contributed by atoms with Gasteiger partial charge in [0.1, 0.15) is 23.5 Å². The lowest BCUT2D eigenvalue weighted by Gasteiger charge is -2.21. The second-order valence-electron chi connectivity index (χ2n) is 9.87. The normalized spacial score (nSPS) is 17.9. The van der Waals surface area contributed by atoms with Gasteiger partial charge in [0, 0.05) is 16.6 Å². The summed E-state index contributed by atoms with van der Waals surface area (Å²) >= 11 is 0. The van der Waals surface area contributed by atoms with Crippen LogP contribution in [0.1, 0.15) is 53.2 Å². The second kappa shape index (κ2) is 9.97. The van der Waals surface area contributed by atoms with Gasteiger partial charge in [0.05, 0.1) is 19.1 Å². The first-order valence-electron chi connectivity index (χ1n) is 12.4. The van der Waals surface area contributed by atoms with Gasteiger partial charge in [0.2, 0.25) is 11.8 Å². The number of hydrogen-bond donors (Lipinski definition) is 4. The van der Waals surface area contributed by atoms with Gasteiger partial charge in [0.25, 0.3) is 5.91 Å². The van der Waals surface area contributed by atoms with Crippen molar-refractivity contribution in [2.45, 2.75) is 50.6 Å². The SMILES string of the molecule is COc1cccc2[nH]c(C(=O)NC(CC3CC3)C(=O)NC(C#N)CC3C(=O)Nc4ccc(C)cc43)cc12. The summed E-state index contributed by atoms with van der Waals surface area (Å²) < 4.78 is 5.37. The number of fused-ring (bicyclic) bond motifs is 2. The Morgan fingerprint density at radius 1 is 1.16 bits per heavy atom. The number of nitrogens with zero attached hydrogens (tertiary/aromatic N) is 1. The third-order valence-corrected chi connectivity index (χ3v) is 7.08. The van der Waals surface area contributed by atoms with Crippen molar-refractivity contribution in [3.63, 3.8) is 0 Å². The zero-order valence-electron chi connectivity index (χ0n) is 20.8. The first-order chi connectivity index (χ1) is 17.9. The Bertz CT molecular complexity index is 1420. The topological polar surface area (TPSA) is 136 Å². The van der Waals surface area contributed by atoms with Crippen LogP contribution in [0.15, 0.2) is 42.5 Å². The fraction of sp³-hybridized carbons (Fsp3) is 0.357. The molecule has 190 valence electrons. The molecule has 37 heavy (non-hydrogen) atoms. The van der Waals surface area contributed by atoms with E-state index < -0.39 is 29.8 Å². The monoisotopic (exact) mass is 499 g/mol. The molecule has 0 radical (unpaired) electrons. The number of hydrogen-bond acceptors (Lipinski definition) is 5. The number of benzene rings is 2. The van der Waals surface area contributed by atoms with E-state index in [1.54, 1.807) is 13.2 Å². The van der Waals surface area contributed by atoms with Crippen LogP contribution in [0.2, 0.25) is 0 Å². The molecule has 2 aliphatic rings. The number of carbonyl (C=O) groups is 3. The van der Waals surface area contributed by atoms with Crippen LogP contribution in [0.5, 0.6) is 5.75 Å². The molecule has 0 spiro atoms. The van der Waals surface area contributed by atoms with E-state index in [0.29, 0.717) is 23.8 Å². The summed E-state index contributed by atoms with van der Waals surface area (Å²) in [6.07, 6.45) is 2.65. The van der Waals surface area contributed by atoms with Crippen molar-refractivity contribution < 1.29 is 19.1 Å². The molecule has 3 amide bonds. The van der Waals surface area contributed by atoms with E-state index in [1.165, 1.54) is 0 Å². The smallest absolute Gasteiger partial charge is 0.268 e. The Labute approximate surface area is 214 Å². The van der Waals surface area contributed by atoms with E-state index >= 15 is 0 Å². The standard InChI is InChI=1S/C28H29N5O4/c1-15-6-9-22-18(10-15)19(26(34)32-22)12-17(14-29)30-27(35)23(11-16-7-8-16)33-28(36)24-13-20-21(31-24)4-3-5-25(20)37-2/h3-6,9-10,13,16-17,19,23,31H,7-8,11-12H2,1-2H3,(H,30,35)(H,32,34)(H,33,36). The van der Waals surface area contributed by atoms with Crippen LogP contribution < -0.4 is 20.7 Å². The summed E-state index contributed by atoms with van der Waals surface area (Å²) in [6, 6.07) is 13.3. The molecule has 9 nitrogen and oxygen atoms in total. The minimum atomic E-state index is -0.884. The highest BCUT2D eigenvalue weighted by Crippen LogP contribution is 2.36. The molecule has 4 N–H and O–H groups in total. The minimum Gasteiger partial charge on any atom is -0.496 e. The zero-order valence-corrected chi connectivity index (χ0v) is 20.8. The van der Waals surface area contributed by atoms with Crippen molar-refractivity contribution in [3.05, 3.63) is 59.3 Å². The molecule has 3 unspecified atom stereocenters. The van der Waals surface area contributed by atoms with Crippen molar-refractivity contribution in [2.24, 2.45) is 5.92 Å². The lowest BCUT2D eigenvalue weighted by Crippen LogP contribution is -2.50. The van der Waals surface area contributed by atoms with Gasteiger partial charge in [-0.15, -0.1) is 0 Å². The third kappa shape index (κ3) is 5.14. The summed E-state index contributed by atoms with van der Waals surface area (Å²) in [4.78, 5) is 42.0. The Balaban J connectivity index is 1.29. The van der Waals surface area contributed by atoms with E-state index in [4.69, 9.17) is 4.74 Å². The highest BCUT2D eigenvalue weighted by molar-refractivity contribution is 6.03. The van der Waals surface area contributed by atoms with Gasteiger partial charge in [-0.05, 0) is 55.5 Å². The number of carbonyl (C=O) groups excluding carboxylic acids is 3. The van der Waals surface area contributed by atoms with Crippen LogP contribution in [0.4, 0.5) is 5.69 Å². The molecule has 3 aromatic rings. The van der Waals surface area contributed by atoms with Gasteiger partial charge in [-0.3, -0.25) is 14.4 Å². The maximum atomic E-state index is 13.3. The number of nitriles is 1. The molecule has 0 bridgehead atoms. The second-order valence-corrected chi connectivity index (χ2v) is 9.87. The predicted octanol–water partition coefficient (Wildman–Crippen LogP) is 3.52. The van der Waals surface area contributed by atoms with E-state index in [9.17, 15) is 19.6 Å². The molecule has 1 saturated carbocycles. The average Bonchev–Trinajstić information content (AvgIpc) is 3.51. The van der Waals surface area contributed by atoms with Gasteiger partial charge in [-0.1, -0.05) is 36.6 Å². The van der Waals surface area contributed by atoms with E-state index in [1.807, 2.05) is 43.3 Å². The van der Waals surface area contributed by atoms with Crippen molar-refractivity contribution in [3.8, 4) is 11.8 Å². The molecule has 1 fully saturated rings. The largest absolute Gasteiger partial charge is 0.496 e. The molecule has 3 atom stereocenters. The Morgan fingerprint density at radius 3 is 2.70 bits per heavy atom. The summed E-state index contributed by atoms with van der Waals surface area (Å²) in [5.41, 5.74) is 3.65. The van der Waals surface area contributed by atoms with E-state index in [-0.39, 0.29) is 12.3 Å². The molecular weight excluding hydrogens is 470 g/mol. The predicted molar refractivity (Wildman–Crippen MR) is 138 cm³/mol. The number of ether oxygens (including phenoxy) is 1. The molecular formula is C28H29N5O4. The molecule has 2 aromatic carbocycles. The number of anilines is 1. The number of aromatic nitrogens is 1. The quantitative estimate of drug-likeness (QED) is 0.357. The summed E-state index contributed by atoms with van der Waals surface area (Å²) in [5, 5.41) is 19.0. The molecule has 2 heterocycles. The third-order valence-electron chi connectivity index (χ3n) is 7.08. The summed E-state index contributed by atoms with van der Waals surface area (Å²) in [5.74, 6) is -0.556. The number of H-pyrrole nitrogens is 1. The Kier molecular flexibility index (Phi) is 6.57. The number of nitrogens with one attached hydrogen (secondary N) is 4. The summed E-state index contributed by atoms with van der Waals surface area (Å²) in [7, 11) is 1.57. The van der Waals surface area contributed by atoms with E-state index in [2.05, 4.69) is 27.0 Å². The van der Waals surface area contributed by atoms with Crippen LogP contribution >= 0.6 is 0 Å². The van der Waals surface area contributed by atoms with Gasteiger partial charge in [0.15, 0.2) is 0 Å². The lowest BCUT2D eigenvalue weighted by atomic mass is 9.92. The van der Waals surface area contributed by atoms with Crippen molar-refractivity contribution in [1.29, 1.82) is 5.26 Å². The fourth-order valence-corrected chi connectivity index (χ4v) is 4.91. The van der Waals surface area contributed by atoms with Crippen LogP contribution in [0.3, 0.4) is 0 Å². The molecule has 1 aromatic heterocycles. The molecule has 9 heteroatoms. The molecule has 0 saturated heterocycles. The van der Waals surface area contributed by atoms with Crippen molar-refractivity contribution in [2.75, 3.05) is 12.4 Å². The zero-order chi connectivity index (χ0) is 26.1.